The van der Waals surface area contributed by atoms with Crippen molar-refractivity contribution in [1.82, 2.24) is 0 Å². The Hall–Kier alpha value is -0.570. The zero-order valence-electron chi connectivity index (χ0n) is 13.8. The third-order valence-corrected chi connectivity index (χ3v) is 0.676. The van der Waals surface area contributed by atoms with Crippen LogP contribution in [0, 0.1) is 5.41 Å². The second kappa shape index (κ2) is 2.35. The van der Waals surface area contributed by atoms with Crippen molar-refractivity contribution in [1.29, 1.82) is 0 Å². The van der Waals surface area contributed by atoms with Crippen LogP contribution >= 0.6 is 0 Å². The second-order valence-electron chi connectivity index (χ2n) is 1.78. The number of hydrogen-bond donors (Lipinski definition) is 2. The smallest absolute Gasteiger partial charge is 0.321 e. The van der Waals surface area contributed by atoms with Gasteiger partial charge in [-0.1, -0.05) is 20.6 Å². The van der Waals surface area contributed by atoms with Gasteiger partial charge in [0.1, 0.15) is 8.84 Å². The molecule has 0 radical (unpaired) electrons. The predicted octanol–water partition coefficient (Wildman–Crippen LogP) is 0.444. The average Bonchev–Trinajstić information content (AvgIpc) is 2.10. The van der Waals surface area contributed by atoms with E-state index < -0.39 is 36.8 Å². The molecule has 0 heterocycles. The predicted molar refractivity (Wildman–Crippen MR) is 35.1 cm³/mol. The zero-order valence-corrected chi connectivity index (χ0v) is 4.80. The van der Waals surface area contributed by atoms with Gasteiger partial charge in [0.2, 0.25) is 0 Å². The first-order chi connectivity index (χ1) is 7.64. The lowest BCUT2D eigenvalue weighted by Crippen LogP contribution is -2.41. The lowest BCUT2D eigenvalue weighted by Gasteiger charge is -2.22. The number of carboxylic acid groups (broad SMARTS) is 1. The van der Waals surface area contributed by atoms with Crippen molar-refractivity contribution in [2.24, 2.45) is 11.1 Å². The van der Waals surface area contributed by atoms with Crippen LogP contribution in [-0.2, 0) is 4.79 Å². The summed E-state index contributed by atoms with van der Waals surface area (Å²) in [5.41, 5.74) is -3.82. The number of rotatable bonds is 2. The molecule has 0 aromatic carbocycles. The van der Waals surface area contributed by atoms with Crippen LogP contribution in [0.2, 0.25) is 2.82 Å². The Morgan fingerprint density at radius 3 is 2.78 bits per heavy atom. The Kier molecular flexibility index (Phi) is 0.450. The van der Waals surface area contributed by atoms with Crippen LogP contribution < -0.4 is 5.72 Å². The van der Waals surface area contributed by atoms with Crippen LogP contribution in [0.4, 0.5) is 0 Å². The molecule has 0 spiro atoms. The van der Waals surface area contributed by atoms with Gasteiger partial charge in [0, 0.05) is 8.22 Å². The summed E-state index contributed by atoms with van der Waals surface area (Å²) < 4.78 is 64.4. The van der Waals surface area contributed by atoms with Crippen LogP contribution in [0.3, 0.4) is 0 Å². The highest BCUT2D eigenvalue weighted by Gasteiger charge is 2.26. The van der Waals surface area contributed by atoms with Gasteiger partial charge in [-0.25, -0.2) is 0 Å². The maximum Gasteiger partial charge on any atom is 0.321 e. The summed E-state index contributed by atoms with van der Waals surface area (Å²) in [6, 6.07) is -3.47. The molecule has 0 aliphatic carbocycles. The molecule has 0 saturated heterocycles. The highest BCUT2D eigenvalue weighted by atomic mass is 16.4. The summed E-state index contributed by atoms with van der Waals surface area (Å²) in [6.07, 6.45) is 0. The topological polar surface area (TPSA) is 63.3 Å². The van der Waals surface area contributed by atoms with Crippen LogP contribution in [0.5, 0.6) is 0 Å². The van der Waals surface area contributed by atoms with E-state index in [9.17, 15) is 4.79 Å². The number of carboxylic acids is 1. The molecule has 0 saturated carbocycles. The Balaban J connectivity index is 6.29. The van der Waals surface area contributed by atoms with Gasteiger partial charge in [0.15, 0.2) is 0 Å². The minimum Gasteiger partial charge on any atom is -0.480 e. The first-order valence-corrected chi connectivity index (χ1v) is 2.15. The monoisotopic (exact) mass is 140 g/mol. The van der Waals surface area contributed by atoms with Gasteiger partial charge in [0.05, 0.1) is 1.37 Å². The van der Waals surface area contributed by atoms with E-state index in [2.05, 4.69) is 0 Å². The second-order valence-corrected chi connectivity index (χ2v) is 1.78. The fourth-order valence-corrected chi connectivity index (χ4v) is 0.214. The molecule has 3 nitrogen and oxygen atoms in total. The standard InChI is InChI=1S/C6H13NO2/c1-6(2,3)4(7)5(8)9/h4H,7H2,1-3H3,(H,8,9)/i1D3,2D3,4D/hD2. The molecule has 0 bridgehead atoms. The van der Waals surface area contributed by atoms with E-state index in [1.54, 1.807) is 0 Å². The summed E-state index contributed by atoms with van der Waals surface area (Å²) in [4.78, 5) is 11.0. The third kappa shape index (κ3) is 2.46. The molecule has 54 valence electrons. The molecule has 1 atom stereocenters. The number of aliphatic carboxylic acids is 1. The lowest BCUT2D eigenvalue weighted by atomic mass is 9.88. The van der Waals surface area contributed by atoms with Gasteiger partial charge in [-0.3, -0.25) is 4.79 Å². The Morgan fingerprint density at radius 2 is 2.67 bits per heavy atom. The van der Waals surface area contributed by atoms with Crippen molar-refractivity contribution in [3.63, 3.8) is 0 Å². The van der Waals surface area contributed by atoms with Crippen molar-refractivity contribution >= 4 is 5.97 Å². The zero-order chi connectivity index (χ0) is 15.2. The maximum atomic E-state index is 11.0. The number of hydrogen-bond acceptors (Lipinski definition) is 2. The Morgan fingerprint density at radius 1 is 2.11 bits per heavy atom. The molecule has 0 fully saturated rings. The van der Waals surface area contributed by atoms with Gasteiger partial charge in [-0.2, -0.15) is 0 Å². The normalized spacial score (nSPS) is 36.4. The van der Waals surface area contributed by atoms with Crippen molar-refractivity contribution < 1.29 is 22.3 Å². The molecule has 0 rings (SSSR count). The SMILES string of the molecule is [2H]N([2H])C([2H])(C(=O)O)C(C)(C([2H])([2H])[2H])C([2H])([2H])[2H]. The van der Waals surface area contributed by atoms with Crippen LogP contribution in [0.25, 0.3) is 0 Å². The van der Waals surface area contributed by atoms with Gasteiger partial charge in [-0.05, 0) is 5.41 Å². The lowest BCUT2D eigenvalue weighted by molar-refractivity contribution is -0.141. The molecular formula is C6H13NO2. The van der Waals surface area contributed by atoms with E-state index >= 15 is 0 Å². The highest BCUT2D eigenvalue weighted by Crippen LogP contribution is 2.16. The Bertz CT molecular complexity index is 321. The summed E-state index contributed by atoms with van der Waals surface area (Å²) in [5, 5.41) is 8.90. The maximum absolute atomic E-state index is 11.0. The van der Waals surface area contributed by atoms with Gasteiger partial charge < -0.3 is 10.8 Å². The van der Waals surface area contributed by atoms with Gasteiger partial charge in [-0.15, -0.1) is 0 Å². The average molecular weight is 140 g/mol. The molecule has 1 unspecified atom stereocenters. The van der Waals surface area contributed by atoms with Crippen molar-refractivity contribution in [2.45, 2.75) is 26.6 Å². The number of carbonyl (C=O) groups is 1. The first kappa shape index (κ1) is 1.72. The third-order valence-electron chi connectivity index (χ3n) is 0.676. The van der Waals surface area contributed by atoms with E-state index in [4.69, 9.17) is 17.5 Å². The van der Waals surface area contributed by atoms with Crippen molar-refractivity contribution in [3.05, 3.63) is 0 Å². The summed E-state index contributed by atoms with van der Waals surface area (Å²) >= 11 is 0. The molecule has 0 aliphatic heterocycles. The van der Waals surface area contributed by atoms with E-state index in [0.29, 0.717) is 6.92 Å². The van der Waals surface area contributed by atoms with Gasteiger partial charge in [0.25, 0.3) is 0 Å². The molecule has 0 aliphatic rings. The van der Waals surface area contributed by atoms with E-state index in [1.807, 2.05) is 0 Å². The van der Waals surface area contributed by atoms with E-state index in [-0.39, 0.29) is 0 Å². The summed E-state index contributed by atoms with van der Waals surface area (Å²) in [7, 11) is 0. The van der Waals surface area contributed by atoms with E-state index in [1.165, 1.54) is 0 Å². The van der Waals surface area contributed by atoms with E-state index in [0.717, 1.165) is 0 Å². The molecule has 3 heteroatoms. The Labute approximate surface area is 67.6 Å². The fraction of sp³-hybridized carbons (Fsp3) is 0.833. The van der Waals surface area contributed by atoms with Crippen molar-refractivity contribution in [2.75, 3.05) is 0 Å². The molecule has 0 amide bonds. The minimum absolute atomic E-state index is 0.546. The largest absolute Gasteiger partial charge is 0.480 e. The van der Waals surface area contributed by atoms with Crippen LogP contribution in [0.1, 0.15) is 30.2 Å². The fourth-order valence-electron chi connectivity index (χ4n) is 0.214. The molecule has 0 aromatic heterocycles. The summed E-state index contributed by atoms with van der Waals surface area (Å²) in [5.74, 6) is -2.19. The van der Waals surface area contributed by atoms with Crippen LogP contribution in [-0.4, -0.2) is 17.1 Å². The molecular weight excluding hydrogens is 118 g/mol. The molecule has 3 N–H and O–H groups in total. The quantitative estimate of drug-likeness (QED) is 0.585. The summed E-state index contributed by atoms with van der Waals surface area (Å²) in [6.45, 7) is -6.21. The molecule has 9 heavy (non-hydrogen) atoms. The number of nitrogens with two attached hydrogens (primary N) is 1. The molecule has 0 aromatic rings. The first-order valence-electron chi connectivity index (χ1n) is 6.55. The van der Waals surface area contributed by atoms with Crippen LogP contribution in [0.15, 0.2) is 0 Å². The highest BCUT2D eigenvalue weighted by molar-refractivity contribution is 5.74. The van der Waals surface area contributed by atoms with Gasteiger partial charge >= 0.3 is 5.97 Å². The van der Waals surface area contributed by atoms with Crippen molar-refractivity contribution in [3.8, 4) is 0 Å². The minimum atomic E-state index is -3.47.